The van der Waals surface area contributed by atoms with Gasteiger partial charge in [0.15, 0.2) is 0 Å². The highest BCUT2D eigenvalue weighted by molar-refractivity contribution is 6.04. The number of rotatable bonds is 6. The van der Waals surface area contributed by atoms with Crippen molar-refractivity contribution in [2.45, 2.75) is 31.6 Å². The van der Waals surface area contributed by atoms with E-state index in [0.717, 1.165) is 48.1 Å². The number of carbonyl (C=O) groups excluding carboxylic acids is 2. The molecule has 7 heteroatoms. The quantitative estimate of drug-likeness (QED) is 0.334. The minimum absolute atomic E-state index is 0.0471. The fourth-order valence-corrected chi connectivity index (χ4v) is 4.61. The van der Waals surface area contributed by atoms with Crippen LogP contribution in [0.5, 0.6) is 0 Å². The lowest BCUT2D eigenvalue weighted by atomic mass is 9.82. The highest BCUT2D eigenvalue weighted by Gasteiger charge is 2.30. The number of esters is 1. The van der Waals surface area contributed by atoms with Gasteiger partial charge in [0.2, 0.25) is 11.7 Å². The number of hydrogen-bond donors (Lipinski definition) is 1. The summed E-state index contributed by atoms with van der Waals surface area (Å²) in [6.45, 7) is 0. The summed E-state index contributed by atoms with van der Waals surface area (Å²) >= 11 is 0. The molecule has 1 N–H and O–H groups in total. The van der Waals surface area contributed by atoms with Crippen molar-refractivity contribution in [2.24, 2.45) is 5.92 Å². The molecule has 1 fully saturated rings. The number of nitrogens with one attached hydrogen (secondary N) is 1. The molecule has 0 spiro atoms. The number of hydrogen-bond acceptors (Lipinski definition) is 6. The molecular weight excluding hydrogens is 454 g/mol. The van der Waals surface area contributed by atoms with Crippen LogP contribution in [0.15, 0.2) is 83.4 Å². The molecule has 1 amide bonds. The predicted molar refractivity (Wildman–Crippen MR) is 136 cm³/mol. The molecule has 0 radical (unpaired) electrons. The Morgan fingerprint density at radius 3 is 2.14 bits per heavy atom. The topological polar surface area (TPSA) is 94.3 Å². The Bertz CT molecular complexity index is 1320. The Kier molecular flexibility index (Phi) is 6.89. The summed E-state index contributed by atoms with van der Waals surface area (Å²) in [6.07, 6.45) is 3.14. The van der Waals surface area contributed by atoms with Crippen LogP contribution in [0.25, 0.3) is 22.5 Å². The SMILES string of the molecule is COC(=O)C1CCC(c2nc(-c3ccc(C(=O)Nc4ccc(-c5ccccc5)cc4)cc3)no2)CC1. The molecule has 1 saturated carbocycles. The molecule has 5 rings (SSSR count). The largest absolute Gasteiger partial charge is 0.469 e. The zero-order valence-corrected chi connectivity index (χ0v) is 20.0. The molecule has 1 aromatic heterocycles. The third-order valence-corrected chi connectivity index (χ3v) is 6.71. The lowest BCUT2D eigenvalue weighted by molar-refractivity contribution is -0.146. The van der Waals surface area contributed by atoms with Crippen molar-refractivity contribution in [3.05, 3.63) is 90.3 Å². The summed E-state index contributed by atoms with van der Waals surface area (Å²) in [7, 11) is 1.43. The van der Waals surface area contributed by atoms with Gasteiger partial charge >= 0.3 is 5.97 Å². The fourth-order valence-electron chi connectivity index (χ4n) is 4.61. The number of carbonyl (C=O) groups is 2. The number of ether oxygens (including phenoxy) is 1. The van der Waals surface area contributed by atoms with Crippen molar-refractivity contribution in [3.63, 3.8) is 0 Å². The van der Waals surface area contributed by atoms with Crippen molar-refractivity contribution in [2.75, 3.05) is 12.4 Å². The monoisotopic (exact) mass is 481 g/mol. The summed E-state index contributed by atoms with van der Waals surface area (Å²) in [4.78, 5) is 29.0. The standard InChI is InChI=1S/C29H27N3O4/c1-35-29(34)24-13-11-23(12-14-24)28-31-26(32-36-28)21-7-9-22(10-8-21)27(33)30-25-17-15-20(16-18-25)19-5-3-2-4-6-19/h2-10,15-18,23-24H,11-14H2,1H3,(H,30,33). The Balaban J connectivity index is 1.19. The first-order valence-corrected chi connectivity index (χ1v) is 12.1. The molecule has 0 bridgehead atoms. The molecule has 3 aromatic carbocycles. The number of anilines is 1. The van der Waals surface area contributed by atoms with E-state index in [-0.39, 0.29) is 23.7 Å². The van der Waals surface area contributed by atoms with E-state index in [9.17, 15) is 9.59 Å². The van der Waals surface area contributed by atoms with Crippen LogP contribution in [-0.4, -0.2) is 29.1 Å². The van der Waals surface area contributed by atoms with Gasteiger partial charge in [0.1, 0.15) is 0 Å². The van der Waals surface area contributed by atoms with Gasteiger partial charge in [-0.25, -0.2) is 0 Å². The van der Waals surface area contributed by atoms with Crippen LogP contribution in [0.4, 0.5) is 5.69 Å². The van der Waals surface area contributed by atoms with Gasteiger partial charge in [0, 0.05) is 22.7 Å². The molecule has 1 heterocycles. The maximum atomic E-state index is 12.7. The molecule has 0 aliphatic heterocycles. The van der Waals surface area contributed by atoms with Gasteiger partial charge in [-0.05, 0) is 61.1 Å². The van der Waals surface area contributed by atoms with Gasteiger partial charge in [-0.2, -0.15) is 4.98 Å². The Morgan fingerprint density at radius 2 is 1.47 bits per heavy atom. The normalized spacial score (nSPS) is 17.4. The van der Waals surface area contributed by atoms with Gasteiger partial charge in [0.05, 0.1) is 13.0 Å². The fraction of sp³-hybridized carbons (Fsp3) is 0.241. The third-order valence-electron chi connectivity index (χ3n) is 6.71. The Labute approximate surface area is 209 Å². The molecule has 4 aromatic rings. The highest BCUT2D eigenvalue weighted by Crippen LogP contribution is 2.36. The number of aromatic nitrogens is 2. The number of nitrogens with zero attached hydrogens (tertiary/aromatic N) is 2. The van der Waals surface area contributed by atoms with Crippen LogP contribution in [0, 0.1) is 5.92 Å². The maximum Gasteiger partial charge on any atom is 0.308 e. The van der Waals surface area contributed by atoms with Gasteiger partial charge < -0.3 is 14.6 Å². The van der Waals surface area contributed by atoms with E-state index in [2.05, 4.69) is 27.6 Å². The second kappa shape index (κ2) is 10.6. The summed E-state index contributed by atoms with van der Waals surface area (Å²) < 4.78 is 10.4. The summed E-state index contributed by atoms with van der Waals surface area (Å²) in [5.74, 6) is 0.843. The molecule has 0 unspecified atom stereocenters. The molecule has 182 valence electrons. The van der Waals surface area contributed by atoms with Crippen molar-refractivity contribution in [1.82, 2.24) is 10.1 Å². The zero-order valence-electron chi connectivity index (χ0n) is 20.0. The lowest BCUT2D eigenvalue weighted by Crippen LogP contribution is -2.22. The second-order valence-corrected chi connectivity index (χ2v) is 9.00. The van der Waals surface area contributed by atoms with E-state index in [4.69, 9.17) is 9.26 Å². The van der Waals surface area contributed by atoms with Crippen LogP contribution >= 0.6 is 0 Å². The number of methoxy groups -OCH3 is 1. The van der Waals surface area contributed by atoms with Crippen LogP contribution in [0.2, 0.25) is 0 Å². The second-order valence-electron chi connectivity index (χ2n) is 9.00. The van der Waals surface area contributed by atoms with Crippen molar-refractivity contribution in [3.8, 4) is 22.5 Å². The molecule has 0 atom stereocenters. The number of benzene rings is 3. The van der Waals surface area contributed by atoms with Crippen LogP contribution in [-0.2, 0) is 9.53 Å². The Hall–Kier alpha value is -4.26. The predicted octanol–water partition coefficient (Wildman–Crippen LogP) is 6.10. The molecule has 1 aliphatic rings. The Morgan fingerprint density at radius 1 is 0.833 bits per heavy atom. The highest BCUT2D eigenvalue weighted by atomic mass is 16.5. The maximum absolute atomic E-state index is 12.7. The number of amides is 1. The third kappa shape index (κ3) is 5.20. The van der Waals surface area contributed by atoms with Crippen molar-refractivity contribution in [1.29, 1.82) is 0 Å². The summed E-state index contributed by atoms with van der Waals surface area (Å²) in [5, 5.41) is 7.07. The zero-order chi connectivity index (χ0) is 24.9. The summed E-state index contributed by atoms with van der Waals surface area (Å²) in [6, 6.07) is 25.0. The molecular formula is C29H27N3O4. The van der Waals surface area contributed by atoms with E-state index in [1.165, 1.54) is 7.11 Å². The van der Waals surface area contributed by atoms with Gasteiger partial charge in [0.25, 0.3) is 5.91 Å². The van der Waals surface area contributed by atoms with Gasteiger partial charge in [-0.15, -0.1) is 0 Å². The average molecular weight is 482 g/mol. The first kappa shape index (κ1) is 23.5. The first-order chi connectivity index (χ1) is 17.6. The molecule has 0 saturated heterocycles. The average Bonchev–Trinajstić information content (AvgIpc) is 3.44. The minimum Gasteiger partial charge on any atom is -0.469 e. The van der Waals surface area contributed by atoms with Gasteiger partial charge in [-0.1, -0.05) is 59.8 Å². The van der Waals surface area contributed by atoms with E-state index < -0.39 is 0 Å². The van der Waals surface area contributed by atoms with E-state index in [0.29, 0.717) is 17.3 Å². The lowest BCUT2D eigenvalue weighted by Gasteiger charge is -2.24. The van der Waals surface area contributed by atoms with Crippen LogP contribution in [0.1, 0.15) is 47.8 Å². The van der Waals surface area contributed by atoms with Crippen LogP contribution < -0.4 is 5.32 Å². The molecule has 36 heavy (non-hydrogen) atoms. The molecule has 1 aliphatic carbocycles. The van der Waals surface area contributed by atoms with Crippen LogP contribution in [0.3, 0.4) is 0 Å². The van der Waals surface area contributed by atoms with E-state index in [1.807, 2.05) is 54.6 Å². The van der Waals surface area contributed by atoms with Crippen molar-refractivity contribution < 1.29 is 18.8 Å². The summed E-state index contributed by atoms with van der Waals surface area (Å²) in [5.41, 5.74) is 4.26. The smallest absolute Gasteiger partial charge is 0.308 e. The molecule has 7 nitrogen and oxygen atoms in total. The van der Waals surface area contributed by atoms with E-state index in [1.54, 1.807) is 12.1 Å². The van der Waals surface area contributed by atoms with Gasteiger partial charge in [-0.3, -0.25) is 9.59 Å². The minimum atomic E-state index is -0.190. The first-order valence-electron chi connectivity index (χ1n) is 12.1. The van der Waals surface area contributed by atoms with Crippen molar-refractivity contribution >= 4 is 17.6 Å². The van der Waals surface area contributed by atoms with E-state index >= 15 is 0 Å².